The molecule has 0 bridgehead atoms. The van der Waals surface area contributed by atoms with E-state index in [1.807, 2.05) is 6.92 Å². The van der Waals surface area contributed by atoms with E-state index in [2.05, 4.69) is 62.3 Å². The summed E-state index contributed by atoms with van der Waals surface area (Å²) in [6.45, 7) is 10.6. The highest BCUT2D eigenvalue weighted by Crippen LogP contribution is 2.24. The molecule has 0 fully saturated rings. The molecule has 1 aromatic carbocycles. The number of hydrogen-bond acceptors (Lipinski definition) is 5. The van der Waals surface area contributed by atoms with Crippen LogP contribution in [0.4, 0.5) is 5.82 Å². The van der Waals surface area contributed by atoms with Gasteiger partial charge in [-0.05, 0) is 29.4 Å². The molecule has 7 nitrogen and oxygen atoms in total. The van der Waals surface area contributed by atoms with Gasteiger partial charge in [-0.3, -0.25) is 19.1 Å². The number of nitrogens with zero attached hydrogens (tertiary/aromatic N) is 1. The van der Waals surface area contributed by atoms with E-state index in [0.29, 0.717) is 18.9 Å². The van der Waals surface area contributed by atoms with Crippen LogP contribution in [0.25, 0.3) is 0 Å². The largest absolute Gasteiger partial charge is 0.384 e. The van der Waals surface area contributed by atoms with Gasteiger partial charge in [0.25, 0.3) is 5.56 Å². The first kappa shape index (κ1) is 22.6. The second-order valence-corrected chi connectivity index (χ2v) is 8.02. The lowest BCUT2D eigenvalue weighted by Gasteiger charge is -2.23. The number of nitrogens with two attached hydrogens (primary N) is 1. The number of anilines is 1. The van der Waals surface area contributed by atoms with Gasteiger partial charge in [-0.25, -0.2) is 4.79 Å². The predicted octanol–water partition coefficient (Wildman–Crippen LogP) is 2.82. The lowest BCUT2D eigenvalue weighted by molar-refractivity contribution is 0.0983. The first-order valence-corrected chi connectivity index (χ1v) is 10.2. The number of Topliss-reactive ketones (excluding diaryl/α,β-unsaturated/α-hetero) is 1. The Hall–Kier alpha value is -2.67. The first-order chi connectivity index (χ1) is 13.7. The van der Waals surface area contributed by atoms with Crippen molar-refractivity contribution in [3.63, 3.8) is 0 Å². The molecule has 0 aliphatic rings. The number of carbonyl (C=O) groups is 1. The third kappa shape index (κ3) is 5.23. The molecule has 1 heterocycles. The van der Waals surface area contributed by atoms with Crippen molar-refractivity contribution in [1.29, 1.82) is 0 Å². The number of ketones is 1. The summed E-state index contributed by atoms with van der Waals surface area (Å²) in [6, 6.07) is 8.28. The van der Waals surface area contributed by atoms with Gasteiger partial charge in [0.05, 0.1) is 6.54 Å². The fraction of sp³-hybridized carbons (Fsp3) is 0.500. The molecule has 1 atom stereocenters. The number of rotatable bonds is 9. The number of benzene rings is 1. The highest BCUT2D eigenvalue weighted by molar-refractivity contribution is 6.01. The van der Waals surface area contributed by atoms with Crippen molar-refractivity contribution in [2.24, 2.45) is 5.92 Å². The summed E-state index contributed by atoms with van der Waals surface area (Å²) in [4.78, 5) is 39.1. The van der Waals surface area contributed by atoms with Crippen LogP contribution >= 0.6 is 0 Å². The highest BCUT2D eigenvalue weighted by Gasteiger charge is 2.22. The monoisotopic (exact) mass is 400 g/mol. The fourth-order valence-corrected chi connectivity index (χ4v) is 3.42. The number of hydrogen-bond donors (Lipinski definition) is 3. The van der Waals surface area contributed by atoms with Crippen LogP contribution in [-0.2, 0) is 6.54 Å². The van der Waals surface area contributed by atoms with Gasteiger partial charge in [0.15, 0.2) is 5.78 Å². The zero-order valence-corrected chi connectivity index (χ0v) is 17.9. The van der Waals surface area contributed by atoms with E-state index < -0.39 is 17.0 Å². The van der Waals surface area contributed by atoms with Gasteiger partial charge in [-0.2, -0.15) is 0 Å². The Morgan fingerprint density at radius 1 is 1.10 bits per heavy atom. The molecule has 4 N–H and O–H groups in total. The van der Waals surface area contributed by atoms with Crippen LogP contribution < -0.4 is 22.3 Å². The van der Waals surface area contributed by atoms with Crippen LogP contribution in [0.15, 0.2) is 33.9 Å². The standard InChI is InChI=1S/C22H32N4O3/c1-6-11-26-20(23)18(21(28)25-22(26)29)17(27)12-24-19(14(4)5)16-9-7-15(8-10-16)13(2)3/h7-10,13-14,19,24H,6,11-12,23H2,1-5H3,(H,25,28,29)/t19-/m1/s1. The van der Waals surface area contributed by atoms with Gasteiger partial charge in [0.1, 0.15) is 11.4 Å². The maximum atomic E-state index is 12.8. The molecular weight excluding hydrogens is 368 g/mol. The molecule has 0 aliphatic carbocycles. The molecule has 7 heteroatoms. The minimum absolute atomic E-state index is 0.0492. The molecule has 1 aromatic heterocycles. The van der Waals surface area contributed by atoms with Gasteiger partial charge >= 0.3 is 5.69 Å². The minimum Gasteiger partial charge on any atom is -0.384 e. The average Bonchev–Trinajstić information content (AvgIpc) is 2.65. The first-order valence-electron chi connectivity index (χ1n) is 10.2. The lowest BCUT2D eigenvalue weighted by atomic mass is 9.93. The topological polar surface area (TPSA) is 110 Å². The molecule has 0 radical (unpaired) electrons. The number of nitrogens with one attached hydrogen (secondary N) is 2. The smallest absolute Gasteiger partial charge is 0.329 e. The number of aromatic amines is 1. The summed E-state index contributed by atoms with van der Waals surface area (Å²) in [7, 11) is 0. The molecule has 0 aliphatic heterocycles. The number of carbonyl (C=O) groups excluding carboxylic acids is 1. The SMILES string of the molecule is CCCn1c(N)c(C(=O)CN[C@@H](c2ccc(C(C)C)cc2)C(C)C)c(=O)[nH]c1=O. The van der Waals surface area contributed by atoms with E-state index in [4.69, 9.17) is 5.73 Å². The molecule has 29 heavy (non-hydrogen) atoms. The van der Waals surface area contributed by atoms with E-state index in [9.17, 15) is 14.4 Å². The Morgan fingerprint density at radius 3 is 2.21 bits per heavy atom. The quantitative estimate of drug-likeness (QED) is 0.561. The van der Waals surface area contributed by atoms with E-state index >= 15 is 0 Å². The molecule has 2 aromatic rings. The molecular formula is C22H32N4O3. The van der Waals surface area contributed by atoms with Crippen LogP contribution in [-0.4, -0.2) is 21.9 Å². The van der Waals surface area contributed by atoms with Gasteiger partial charge in [-0.1, -0.05) is 58.9 Å². The van der Waals surface area contributed by atoms with Crippen LogP contribution in [0.1, 0.15) is 74.5 Å². The Balaban J connectivity index is 2.24. The zero-order valence-electron chi connectivity index (χ0n) is 17.9. The number of H-pyrrole nitrogens is 1. The van der Waals surface area contributed by atoms with Crippen LogP contribution in [0, 0.1) is 5.92 Å². The van der Waals surface area contributed by atoms with Crippen LogP contribution in [0.3, 0.4) is 0 Å². The molecule has 158 valence electrons. The Morgan fingerprint density at radius 2 is 1.69 bits per heavy atom. The van der Waals surface area contributed by atoms with E-state index in [0.717, 1.165) is 5.56 Å². The average molecular weight is 401 g/mol. The maximum Gasteiger partial charge on any atom is 0.329 e. The van der Waals surface area contributed by atoms with Crippen molar-refractivity contribution < 1.29 is 4.79 Å². The van der Waals surface area contributed by atoms with Crippen molar-refractivity contribution in [2.45, 2.75) is 59.5 Å². The molecule has 0 amide bonds. The third-order valence-corrected chi connectivity index (χ3v) is 5.08. The number of nitrogen functional groups attached to an aromatic ring is 1. The third-order valence-electron chi connectivity index (χ3n) is 5.08. The summed E-state index contributed by atoms with van der Waals surface area (Å²) >= 11 is 0. The molecule has 0 saturated heterocycles. The highest BCUT2D eigenvalue weighted by atomic mass is 16.2. The maximum absolute atomic E-state index is 12.8. The lowest BCUT2D eigenvalue weighted by Crippen LogP contribution is -2.39. The van der Waals surface area contributed by atoms with E-state index in [-0.39, 0.29) is 29.9 Å². The fourth-order valence-electron chi connectivity index (χ4n) is 3.42. The summed E-state index contributed by atoms with van der Waals surface area (Å²) in [5.41, 5.74) is 6.82. The summed E-state index contributed by atoms with van der Waals surface area (Å²) in [5.74, 6) is 0.176. The van der Waals surface area contributed by atoms with E-state index in [1.54, 1.807) is 0 Å². The minimum atomic E-state index is -0.742. The Bertz CT molecular complexity index is 956. The van der Waals surface area contributed by atoms with Crippen LogP contribution in [0.2, 0.25) is 0 Å². The van der Waals surface area contributed by atoms with Gasteiger partial charge < -0.3 is 11.1 Å². The number of aromatic nitrogens is 2. The van der Waals surface area contributed by atoms with E-state index in [1.165, 1.54) is 10.1 Å². The summed E-state index contributed by atoms with van der Waals surface area (Å²) in [6.07, 6.45) is 0.657. The second-order valence-electron chi connectivity index (χ2n) is 8.02. The Kier molecular flexibility index (Phi) is 7.56. The molecule has 0 saturated carbocycles. The normalized spacial score (nSPS) is 12.5. The molecule has 2 rings (SSSR count). The van der Waals surface area contributed by atoms with Gasteiger partial charge in [0, 0.05) is 12.6 Å². The summed E-state index contributed by atoms with van der Waals surface area (Å²) in [5, 5.41) is 3.26. The second kappa shape index (κ2) is 9.69. The van der Waals surface area contributed by atoms with Crippen molar-refractivity contribution in [3.05, 3.63) is 61.8 Å². The molecule has 0 spiro atoms. The van der Waals surface area contributed by atoms with Crippen molar-refractivity contribution >= 4 is 11.6 Å². The van der Waals surface area contributed by atoms with Crippen molar-refractivity contribution in [3.8, 4) is 0 Å². The zero-order chi connectivity index (χ0) is 21.7. The van der Waals surface area contributed by atoms with Crippen LogP contribution in [0.5, 0.6) is 0 Å². The Labute approximate surface area is 171 Å². The van der Waals surface area contributed by atoms with Gasteiger partial charge in [0.2, 0.25) is 0 Å². The molecule has 0 unspecified atom stereocenters. The van der Waals surface area contributed by atoms with Crippen molar-refractivity contribution in [1.82, 2.24) is 14.9 Å². The van der Waals surface area contributed by atoms with Gasteiger partial charge in [-0.15, -0.1) is 0 Å². The predicted molar refractivity (Wildman–Crippen MR) is 116 cm³/mol. The van der Waals surface area contributed by atoms with Crippen molar-refractivity contribution in [2.75, 3.05) is 12.3 Å². The summed E-state index contributed by atoms with van der Waals surface area (Å²) < 4.78 is 1.24.